The van der Waals surface area contributed by atoms with Gasteiger partial charge in [-0.1, -0.05) is 27.7 Å². The number of carbonyl (C=O) groups is 1. The molecule has 1 aromatic rings. The lowest BCUT2D eigenvalue weighted by molar-refractivity contribution is -0.0407. The van der Waals surface area contributed by atoms with E-state index in [2.05, 4.69) is 38.7 Å². The van der Waals surface area contributed by atoms with E-state index >= 15 is 0 Å². The lowest BCUT2D eigenvalue weighted by Gasteiger charge is -2.44. The monoisotopic (exact) mass is 454 g/mol. The van der Waals surface area contributed by atoms with Crippen molar-refractivity contribution in [1.29, 1.82) is 5.26 Å². The summed E-state index contributed by atoms with van der Waals surface area (Å²) in [5, 5.41) is 10.2. The van der Waals surface area contributed by atoms with Gasteiger partial charge in [0.05, 0.1) is 36.1 Å². The van der Waals surface area contributed by atoms with Crippen molar-refractivity contribution >= 4 is 11.9 Å². The molecule has 2 fully saturated rings. The van der Waals surface area contributed by atoms with Crippen LogP contribution in [0, 0.1) is 23.2 Å². The molecular weight excluding hydrogens is 416 g/mol. The maximum absolute atomic E-state index is 12.8. The maximum atomic E-state index is 12.8. The summed E-state index contributed by atoms with van der Waals surface area (Å²) in [5.41, 5.74) is 3.75. The number of nitrogens with zero attached hydrogens (tertiary/aromatic N) is 4. The highest BCUT2D eigenvalue weighted by atomic mass is 16.6. The van der Waals surface area contributed by atoms with Crippen molar-refractivity contribution in [3.8, 4) is 6.07 Å². The Morgan fingerprint density at radius 2 is 1.97 bits per heavy atom. The van der Waals surface area contributed by atoms with Gasteiger partial charge in [0.1, 0.15) is 11.9 Å². The van der Waals surface area contributed by atoms with E-state index in [0.717, 1.165) is 41.9 Å². The highest BCUT2D eigenvalue weighted by Gasteiger charge is 2.39. The molecule has 1 atom stereocenters. The zero-order valence-corrected chi connectivity index (χ0v) is 21.0. The first kappa shape index (κ1) is 23.8. The summed E-state index contributed by atoms with van der Waals surface area (Å²) in [7, 11) is 0. The second-order valence-electron chi connectivity index (χ2n) is 11.2. The first-order valence-corrected chi connectivity index (χ1v) is 12.4. The number of pyridine rings is 1. The molecule has 7 heteroatoms. The van der Waals surface area contributed by atoms with Crippen LogP contribution in [0.5, 0.6) is 0 Å². The average Bonchev–Trinajstić information content (AvgIpc) is 3.60. The summed E-state index contributed by atoms with van der Waals surface area (Å²) in [6.07, 6.45) is 2.78. The van der Waals surface area contributed by atoms with E-state index in [1.54, 1.807) is 0 Å². The van der Waals surface area contributed by atoms with Crippen LogP contribution in [0.15, 0.2) is 0 Å². The van der Waals surface area contributed by atoms with Crippen LogP contribution in [0.25, 0.3) is 0 Å². The molecule has 2 aliphatic heterocycles. The van der Waals surface area contributed by atoms with Crippen molar-refractivity contribution < 1.29 is 14.3 Å². The van der Waals surface area contributed by atoms with Crippen LogP contribution < -0.4 is 4.90 Å². The highest BCUT2D eigenvalue weighted by Crippen LogP contribution is 2.46. The van der Waals surface area contributed by atoms with E-state index in [4.69, 9.17) is 14.5 Å². The van der Waals surface area contributed by atoms with Crippen molar-refractivity contribution in [2.75, 3.05) is 31.1 Å². The SMILES string of the molecule is CC(C)COC(=O)N1CCN(c2nc(C3CC3)c3c(c2C#N)CC(C)(C)OC3)C[C@H]1C(C)C. The molecule has 0 unspecified atom stereocenters. The van der Waals surface area contributed by atoms with Crippen LogP contribution in [0.4, 0.5) is 10.6 Å². The average molecular weight is 455 g/mol. The van der Waals surface area contributed by atoms with Crippen molar-refractivity contribution in [3.63, 3.8) is 0 Å². The number of anilines is 1. The lowest BCUT2D eigenvalue weighted by Crippen LogP contribution is -2.57. The highest BCUT2D eigenvalue weighted by molar-refractivity contribution is 5.69. The molecule has 33 heavy (non-hydrogen) atoms. The van der Waals surface area contributed by atoms with Gasteiger partial charge in [0, 0.05) is 37.5 Å². The van der Waals surface area contributed by atoms with Crippen molar-refractivity contribution in [3.05, 3.63) is 22.4 Å². The molecule has 0 N–H and O–H groups in total. The first-order valence-electron chi connectivity index (χ1n) is 12.4. The molecule has 4 rings (SSSR count). The number of aromatic nitrogens is 1. The summed E-state index contributed by atoms with van der Waals surface area (Å²) >= 11 is 0. The third kappa shape index (κ3) is 4.96. The van der Waals surface area contributed by atoms with E-state index in [1.807, 2.05) is 18.7 Å². The molecule has 0 aromatic carbocycles. The normalized spacial score (nSPS) is 22.3. The Hall–Kier alpha value is -2.33. The zero-order chi connectivity index (χ0) is 23.9. The van der Waals surface area contributed by atoms with Gasteiger partial charge < -0.3 is 19.3 Å². The summed E-state index contributed by atoms with van der Waals surface area (Å²) in [5.74, 6) is 1.83. The van der Waals surface area contributed by atoms with Gasteiger partial charge in [-0.15, -0.1) is 0 Å². The molecule has 0 radical (unpaired) electrons. The van der Waals surface area contributed by atoms with Crippen LogP contribution in [-0.2, 0) is 22.5 Å². The molecular formula is C26H38N4O3. The van der Waals surface area contributed by atoms with E-state index in [1.165, 1.54) is 0 Å². The Morgan fingerprint density at radius 3 is 2.58 bits per heavy atom. The molecule has 1 amide bonds. The smallest absolute Gasteiger partial charge is 0.410 e. The lowest BCUT2D eigenvalue weighted by atomic mass is 9.87. The Morgan fingerprint density at radius 1 is 1.24 bits per heavy atom. The molecule has 0 bridgehead atoms. The van der Waals surface area contributed by atoms with Gasteiger partial charge in [-0.2, -0.15) is 5.26 Å². The third-order valence-corrected chi connectivity index (χ3v) is 6.97. The Labute approximate surface area is 198 Å². The second-order valence-corrected chi connectivity index (χ2v) is 11.2. The van der Waals surface area contributed by atoms with Gasteiger partial charge in [-0.05, 0) is 44.1 Å². The van der Waals surface area contributed by atoms with Crippen LogP contribution in [0.1, 0.15) is 82.7 Å². The molecule has 1 aromatic heterocycles. The number of ether oxygens (including phenoxy) is 2. The summed E-state index contributed by atoms with van der Waals surface area (Å²) in [6.45, 7) is 15.3. The Kier molecular flexibility index (Phi) is 6.59. The fraction of sp³-hybridized carbons (Fsp3) is 0.731. The minimum Gasteiger partial charge on any atom is -0.449 e. The number of carbonyl (C=O) groups excluding carboxylic acids is 1. The molecule has 3 heterocycles. The van der Waals surface area contributed by atoms with Crippen molar-refractivity contribution in [1.82, 2.24) is 9.88 Å². The number of hydrogen-bond acceptors (Lipinski definition) is 6. The fourth-order valence-corrected chi connectivity index (χ4v) is 4.94. The zero-order valence-electron chi connectivity index (χ0n) is 21.0. The number of nitriles is 1. The van der Waals surface area contributed by atoms with Crippen LogP contribution in [0.2, 0.25) is 0 Å². The minimum absolute atomic E-state index is 0.00642. The minimum atomic E-state index is -0.294. The first-order chi connectivity index (χ1) is 15.6. The van der Waals surface area contributed by atoms with Crippen molar-refractivity contribution in [2.24, 2.45) is 11.8 Å². The largest absolute Gasteiger partial charge is 0.449 e. The van der Waals surface area contributed by atoms with E-state index in [9.17, 15) is 10.1 Å². The van der Waals surface area contributed by atoms with Crippen molar-refractivity contribution in [2.45, 2.75) is 85.0 Å². The summed E-state index contributed by atoms with van der Waals surface area (Å²) < 4.78 is 11.7. The predicted molar refractivity (Wildman–Crippen MR) is 127 cm³/mol. The van der Waals surface area contributed by atoms with E-state index < -0.39 is 0 Å². The van der Waals surface area contributed by atoms with E-state index in [0.29, 0.717) is 50.2 Å². The summed E-state index contributed by atoms with van der Waals surface area (Å²) in [6, 6.07) is 2.50. The molecule has 1 saturated carbocycles. The Balaban J connectivity index is 1.66. The standard InChI is InChI=1S/C26H38N4O3/c1-16(2)14-32-25(31)30-10-9-29(13-22(30)17(3)4)24-20(12-27)19-11-26(5,6)33-15-21(19)23(28-24)18-7-8-18/h16-18,22H,7-11,13-15H2,1-6H3/t22-/m0/s1. The van der Waals surface area contributed by atoms with Gasteiger partial charge in [0.2, 0.25) is 0 Å². The maximum Gasteiger partial charge on any atom is 0.410 e. The molecule has 1 saturated heterocycles. The predicted octanol–water partition coefficient (Wildman–Crippen LogP) is 4.62. The topological polar surface area (TPSA) is 78.7 Å². The number of rotatable bonds is 5. The van der Waals surface area contributed by atoms with Gasteiger partial charge in [0.15, 0.2) is 0 Å². The number of hydrogen-bond donors (Lipinski definition) is 0. The van der Waals surface area contributed by atoms with E-state index in [-0.39, 0.29) is 23.7 Å². The van der Waals surface area contributed by atoms with Crippen LogP contribution in [-0.4, -0.2) is 53.9 Å². The number of amides is 1. The Bertz CT molecular complexity index is 946. The third-order valence-electron chi connectivity index (χ3n) is 6.97. The molecule has 3 aliphatic rings. The van der Waals surface area contributed by atoms with Crippen LogP contribution in [0.3, 0.4) is 0 Å². The van der Waals surface area contributed by atoms with Gasteiger partial charge in [-0.3, -0.25) is 0 Å². The fourth-order valence-electron chi connectivity index (χ4n) is 4.94. The molecule has 7 nitrogen and oxygen atoms in total. The van der Waals surface area contributed by atoms with Gasteiger partial charge >= 0.3 is 6.09 Å². The second kappa shape index (κ2) is 9.13. The number of fused-ring (bicyclic) bond motifs is 1. The van der Waals surface area contributed by atoms with Gasteiger partial charge in [-0.25, -0.2) is 9.78 Å². The van der Waals surface area contributed by atoms with Gasteiger partial charge in [0.25, 0.3) is 0 Å². The molecule has 1 aliphatic carbocycles. The molecule has 0 spiro atoms. The summed E-state index contributed by atoms with van der Waals surface area (Å²) in [4.78, 5) is 22.0. The number of piperazine rings is 1. The molecule has 180 valence electrons. The quantitative estimate of drug-likeness (QED) is 0.646. The van der Waals surface area contributed by atoms with Crippen LogP contribution >= 0.6 is 0 Å².